The Labute approximate surface area is 106 Å². The van der Waals surface area contributed by atoms with Gasteiger partial charge >= 0.3 is 5.97 Å². The van der Waals surface area contributed by atoms with E-state index in [-0.39, 0.29) is 11.5 Å². The summed E-state index contributed by atoms with van der Waals surface area (Å²) in [6.07, 6.45) is 0.478. The Morgan fingerprint density at radius 2 is 1.94 bits per heavy atom. The minimum atomic E-state index is -1.07. The van der Waals surface area contributed by atoms with Gasteiger partial charge < -0.3 is 15.7 Å². The van der Waals surface area contributed by atoms with Crippen molar-refractivity contribution in [2.75, 3.05) is 11.9 Å². The van der Waals surface area contributed by atoms with Crippen molar-refractivity contribution < 1.29 is 14.7 Å². The average Bonchev–Trinajstić information content (AvgIpc) is 2.36. The topological polar surface area (TPSA) is 83.6 Å². The summed E-state index contributed by atoms with van der Waals surface area (Å²) in [6.45, 7) is 3.45. The molecule has 0 aliphatic heterocycles. The summed E-state index contributed by atoms with van der Waals surface area (Å²) in [5.41, 5.74) is 5.32. The van der Waals surface area contributed by atoms with Gasteiger partial charge in [0.1, 0.15) is 0 Å². The molecule has 1 aromatic carbocycles. The first kappa shape index (κ1) is 14.2. The van der Waals surface area contributed by atoms with Gasteiger partial charge in [0.15, 0.2) is 0 Å². The highest BCUT2D eigenvalue weighted by Gasteiger charge is 2.31. The van der Waals surface area contributed by atoms with Crippen molar-refractivity contribution in [3.8, 4) is 0 Å². The molecule has 1 unspecified atom stereocenters. The lowest BCUT2D eigenvalue weighted by molar-refractivity contribution is -0.122. The van der Waals surface area contributed by atoms with Gasteiger partial charge in [0.05, 0.1) is 16.8 Å². The zero-order valence-electron chi connectivity index (χ0n) is 10.8. The fraction of sp³-hybridized carbons (Fsp3) is 0.385. The highest BCUT2D eigenvalue weighted by atomic mass is 16.4. The number of rotatable bonds is 4. The third kappa shape index (κ3) is 2.68. The smallest absolute Gasteiger partial charge is 0.337 e. The zero-order chi connectivity index (χ0) is 13.9. The number of carbonyl (C=O) groups excluding carboxylic acids is 1. The number of likely N-dealkylation sites (N-methyl/N-ethyl adjacent to an activating group) is 1. The molecule has 1 aromatic rings. The summed E-state index contributed by atoms with van der Waals surface area (Å²) in [7, 11) is 1.53. The van der Waals surface area contributed by atoms with E-state index in [0.717, 1.165) is 0 Å². The molecule has 0 radical (unpaired) electrons. The van der Waals surface area contributed by atoms with Crippen LogP contribution in [-0.2, 0) is 4.79 Å². The maximum Gasteiger partial charge on any atom is 0.337 e. The van der Waals surface area contributed by atoms with Gasteiger partial charge in [-0.2, -0.15) is 0 Å². The summed E-state index contributed by atoms with van der Waals surface area (Å²) in [6, 6.07) is 6.35. The first-order valence-corrected chi connectivity index (χ1v) is 5.70. The molecule has 3 N–H and O–H groups in total. The van der Waals surface area contributed by atoms with E-state index >= 15 is 0 Å². The Morgan fingerprint density at radius 1 is 1.39 bits per heavy atom. The number of carbonyl (C=O) groups is 2. The minimum Gasteiger partial charge on any atom is -0.478 e. The number of hydrogen-bond donors (Lipinski definition) is 2. The van der Waals surface area contributed by atoms with Crippen LogP contribution in [0.15, 0.2) is 24.3 Å². The first-order chi connectivity index (χ1) is 8.31. The lowest BCUT2D eigenvalue weighted by atomic mass is 9.98. The summed E-state index contributed by atoms with van der Waals surface area (Å²) >= 11 is 0. The summed E-state index contributed by atoms with van der Waals surface area (Å²) in [4.78, 5) is 24.6. The molecule has 18 heavy (non-hydrogen) atoms. The first-order valence-electron chi connectivity index (χ1n) is 5.70. The van der Waals surface area contributed by atoms with Crippen LogP contribution in [0.25, 0.3) is 0 Å². The monoisotopic (exact) mass is 250 g/mol. The minimum absolute atomic E-state index is 0.0836. The van der Waals surface area contributed by atoms with E-state index < -0.39 is 11.5 Å². The van der Waals surface area contributed by atoms with Crippen molar-refractivity contribution in [3.63, 3.8) is 0 Å². The Kier molecular flexibility index (Phi) is 4.08. The predicted octanol–water partition coefficient (Wildman–Crippen LogP) is 1.47. The highest BCUT2D eigenvalue weighted by Crippen LogP contribution is 2.22. The molecule has 0 heterocycles. The van der Waals surface area contributed by atoms with Crippen molar-refractivity contribution in [1.82, 2.24) is 0 Å². The van der Waals surface area contributed by atoms with Gasteiger partial charge in [-0.25, -0.2) is 4.79 Å². The molecule has 0 aromatic heterocycles. The Hall–Kier alpha value is -1.88. The van der Waals surface area contributed by atoms with Crippen LogP contribution in [-0.4, -0.2) is 29.6 Å². The molecule has 0 saturated carbocycles. The molecule has 0 bridgehead atoms. The van der Waals surface area contributed by atoms with Gasteiger partial charge in [-0.1, -0.05) is 19.1 Å². The largest absolute Gasteiger partial charge is 0.478 e. The van der Waals surface area contributed by atoms with Gasteiger partial charge in [0.2, 0.25) is 5.91 Å². The van der Waals surface area contributed by atoms with E-state index in [1.54, 1.807) is 25.1 Å². The highest BCUT2D eigenvalue weighted by molar-refractivity contribution is 6.04. The van der Waals surface area contributed by atoms with Crippen LogP contribution in [0.1, 0.15) is 30.6 Å². The number of anilines is 1. The quantitative estimate of drug-likeness (QED) is 0.847. The predicted molar refractivity (Wildman–Crippen MR) is 69.7 cm³/mol. The maximum absolute atomic E-state index is 12.2. The molecular weight excluding hydrogens is 232 g/mol. The molecular formula is C13H18N2O3. The lowest BCUT2D eigenvalue weighted by Crippen LogP contribution is -2.52. The van der Waals surface area contributed by atoms with Crippen LogP contribution in [0.2, 0.25) is 0 Å². The van der Waals surface area contributed by atoms with Gasteiger partial charge in [-0.15, -0.1) is 0 Å². The molecule has 98 valence electrons. The van der Waals surface area contributed by atoms with Crippen LogP contribution in [0, 0.1) is 0 Å². The fourth-order valence-electron chi connectivity index (χ4n) is 1.59. The molecule has 0 aliphatic rings. The Balaban J connectivity index is 3.16. The van der Waals surface area contributed by atoms with Crippen LogP contribution >= 0.6 is 0 Å². The molecule has 1 atom stereocenters. The number of hydrogen-bond acceptors (Lipinski definition) is 3. The van der Waals surface area contributed by atoms with Gasteiger partial charge in [0, 0.05) is 7.05 Å². The van der Waals surface area contributed by atoms with E-state index in [2.05, 4.69) is 0 Å². The number of amides is 1. The fourth-order valence-corrected chi connectivity index (χ4v) is 1.59. The molecule has 1 rings (SSSR count). The number of benzene rings is 1. The van der Waals surface area contributed by atoms with Crippen LogP contribution < -0.4 is 10.6 Å². The second-order valence-electron chi connectivity index (χ2n) is 4.46. The molecule has 1 amide bonds. The summed E-state index contributed by atoms with van der Waals surface area (Å²) in [5.74, 6) is -1.38. The SMILES string of the molecule is CCC(C)(N)C(=O)N(C)c1ccccc1C(=O)O. The average molecular weight is 250 g/mol. The van der Waals surface area contributed by atoms with E-state index in [1.165, 1.54) is 18.0 Å². The van der Waals surface area contributed by atoms with Crippen molar-refractivity contribution in [1.29, 1.82) is 0 Å². The second kappa shape index (κ2) is 5.18. The van der Waals surface area contributed by atoms with Crippen molar-refractivity contribution in [2.45, 2.75) is 25.8 Å². The molecule has 5 nitrogen and oxygen atoms in total. The number of carboxylic acids is 1. The number of nitrogens with zero attached hydrogens (tertiary/aromatic N) is 1. The van der Waals surface area contributed by atoms with Crippen molar-refractivity contribution in [2.24, 2.45) is 5.73 Å². The van der Waals surface area contributed by atoms with Crippen LogP contribution in [0.4, 0.5) is 5.69 Å². The van der Waals surface area contributed by atoms with Gasteiger partial charge in [0.25, 0.3) is 0 Å². The maximum atomic E-state index is 12.2. The Morgan fingerprint density at radius 3 is 2.44 bits per heavy atom. The molecule has 5 heteroatoms. The Bertz CT molecular complexity index is 469. The summed E-state index contributed by atoms with van der Waals surface area (Å²) in [5, 5.41) is 9.09. The standard InChI is InChI=1S/C13H18N2O3/c1-4-13(2,14)12(18)15(3)10-8-6-5-7-9(10)11(16)17/h5-8H,4,14H2,1-3H3,(H,16,17). The van der Waals surface area contributed by atoms with Gasteiger partial charge in [-0.05, 0) is 25.5 Å². The number of nitrogens with two attached hydrogens (primary N) is 1. The molecule has 0 spiro atoms. The third-order valence-corrected chi connectivity index (χ3v) is 3.02. The molecule has 0 aliphatic carbocycles. The zero-order valence-corrected chi connectivity index (χ0v) is 10.8. The van der Waals surface area contributed by atoms with E-state index in [1.807, 2.05) is 6.92 Å². The normalized spacial score (nSPS) is 13.8. The third-order valence-electron chi connectivity index (χ3n) is 3.02. The van der Waals surface area contributed by atoms with Crippen molar-refractivity contribution >= 4 is 17.6 Å². The molecule has 0 saturated heterocycles. The number of carboxylic acid groups (broad SMARTS) is 1. The van der Waals surface area contributed by atoms with E-state index in [0.29, 0.717) is 12.1 Å². The van der Waals surface area contributed by atoms with Crippen molar-refractivity contribution in [3.05, 3.63) is 29.8 Å². The van der Waals surface area contributed by atoms with Gasteiger partial charge in [-0.3, -0.25) is 4.79 Å². The lowest BCUT2D eigenvalue weighted by Gasteiger charge is -2.29. The van der Waals surface area contributed by atoms with E-state index in [9.17, 15) is 9.59 Å². The number of aromatic carboxylic acids is 1. The van der Waals surface area contributed by atoms with E-state index in [4.69, 9.17) is 10.8 Å². The number of para-hydroxylation sites is 1. The van der Waals surface area contributed by atoms with Crippen LogP contribution in [0.5, 0.6) is 0 Å². The second-order valence-corrected chi connectivity index (χ2v) is 4.46. The summed E-state index contributed by atoms with van der Waals surface area (Å²) < 4.78 is 0. The van der Waals surface area contributed by atoms with Crippen LogP contribution in [0.3, 0.4) is 0 Å². The molecule has 0 fully saturated rings.